The minimum Gasteiger partial charge on any atom is -0.406 e. The molecular weight excluding hydrogens is 632 g/mol. The molecule has 0 bridgehead atoms. The van der Waals surface area contributed by atoms with Crippen molar-refractivity contribution < 1.29 is 22.7 Å². The first-order chi connectivity index (χ1) is 22.0. The number of rotatable bonds is 10. The molecule has 4 aromatic rings. The molecule has 46 heavy (non-hydrogen) atoms. The van der Waals surface area contributed by atoms with E-state index in [9.17, 15) is 18.0 Å². The number of amidine groups is 1. The molecule has 238 valence electrons. The Balaban J connectivity index is 1.16. The first-order valence-corrected chi connectivity index (χ1v) is 16.1. The van der Waals surface area contributed by atoms with Crippen molar-refractivity contribution >= 4 is 51.8 Å². The molecule has 2 heterocycles. The number of aliphatic imine (C=N–C) groups is 1. The summed E-state index contributed by atoms with van der Waals surface area (Å²) in [6.45, 7) is 6.25. The van der Waals surface area contributed by atoms with Crippen molar-refractivity contribution in [3.05, 3.63) is 95.8 Å². The Hall–Kier alpha value is -4.29. The van der Waals surface area contributed by atoms with Gasteiger partial charge in [0.2, 0.25) is 5.91 Å². The number of aromatic nitrogens is 3. The van der Waals surface area contributed by atoms with Gasteiger partial charge in [0.05, 0.1) is 17.1 Å². The Morgan fingerprint density at radius 3 is 2.65 bits per heavy atom. The number of thioether (sulfide) groups is 1. The third-order valence-corrected chi connectivity index (χ3v) is 8.30. The number of halogens is 3. The SMILES string of the molecule is Cc1ccc(C(C)C)c(N2C(=O)CSC2=NC(=S)CCC/C=C\c2cccc(-c3ncn(-c4ccc(OC(F)(F)F)cc4)n3)c2)c1. The molecule has 0 saturated carbocycles. The number of aryl methyl sites for hydroxylation is 1. The summed E-state index contributed by atoms with van der Waals surface area (Å²) in [4.78, 5) is 24.2. The quantitative estimate of drug-likeness (QED) is 0.125. The monoisotopic (exact) mass is 663 g/mol. The van der Waals surface area contributed by atoms with E-state index in [1.807, 2.05) is 43.3 Å². The van der Waals surface area contributed by atoms with Crippen LogP contribution in [-0.4, -0.2) is 42.9 Å². The highest BCUT2D eigenvalue weighted by Gasteiger charge is 2.32. The van der Waals surface area contributed by atoms with Crippen molar-refractivity contribution in [1.29, 1.82) is 0 Å². The summed E-state index contributed by atoms with van der Waals surface area (Å²) in [5.74, 6) is 0.803. The summed E-state index contributed by atoms with van der Waals surface area (Å²) in [6, 6.07) is 19.3. The average molecular weight is 664 g/mol. The van der Waals surface area contributed by atoms with Gasteiger partial charge in [-0.05, 0) is 78.8 Å². The number of hydrogen-bond donors (Lipinski definition) is 0. The summed E-state index contributed by atoms with van der Waals surface area (Å²) in [5.41, 5.74) is 5.40. The predicted molar refractivity (Wildman–Crippen MR) is 182 cm³/mol. The standard InChI is InChI=1S/C34H32F3N5O2S2/c1-22(2)28-17-12-23(3)18-29(28)42-31(43)20-46-33(42)39-30(45)11-6-4-5-8-24-9-7-10-25(19-24)32-38-21-41(40-32)26-13-15-27(16-14-26)44-34(35,36)37/h5,7-10,12-19,21-22H,4,6,11,20H2,1-3H3/b8-5-,39-33?. The zero-order valence-electron chi connectivity index (χ0n) is 25.5. The number of benzene rings is 3. The van der Waals surface area contributed by atoms with E-state index in [2.05, 4.69) is 51.9 Å². The highest BCUT2D eigenvalue weighted by molar-refractivity contribution is 8.15. The Morgan fingerprint density at radius 2 is 1.91 bits per heavy atom. The van der Waals surface area contributed by atoms with Gasteiger partial charge in [0.1, 0.15) is 17.1 Å². The van der Waals surface area contributed by atoms with Crippen LogP contribution < -0.4 is 9.64 Å². The van der Waals surface area contributed by atoms with Gasteiger partial charge in [0, 0.05) is 12.0 Å². The Labute approximate surface area is 275 Å². The molecule has 3 aromatic carbocycles. The van der Waals surface area contributed by atoms with Crippen LogP contribution in [-0.2, 0) is 4.79 Å². The van der Waals surface area contributed by atoms with Crippen LogP contribution in [0.4, 0.5) is 18.9 Å². The molecule has 1 amide bonds. The maximum absolute atomic E-state index is 12.8. The van der Waals surface area contributed by atoms with Gasteiger partial charge < -0.3 is 4.74 Å². The lowest BCUT2D eigenvalue weighted by atomic mass is 9.99. The van der Waals surface area contributed by atoms with E-state index in [0.717, 1.165) is 40.8 Å². The summed E-state index contributed by atoms with van der Waals surface area (Å²) < 4.78 is 42.7. The van der Waals surface area contributed by atoms with Gasteiger partial charge in [-0.15, -0.1) is 18.3 Å². The van der Waals surface area contributed by atoms with E-state index in [4.69, 9.17) is 12.2 Å². The second-order valence-electron chi connectivity index (χ2n) is 11.0. The molecule has 5 rings (SSSR count). The molecule has 1 aromatic heterocycles. The Kier molecular flexibility index (Phi) is 10.4. The lowest BCUT2D eigenvalue weighted by molar-refractivity contribution is -0.274. The summed E-state index contributed by atoms with van der Waals surface area (Å²) in [7, 11) is 0. The molecule has 1 fully saturated rings. The van der Waals surface area contributed by atoms with Gasteiger partial charge in [-0.2, -0.15) is 0 Å². The average Bonchev–Trinajstić information content (AvgIpc) is 3.63. The van der Waals surface area contributed by atoms with E-state index in [0.29, 0.717) is 33.8 Å². The largest absolute Gasteiger partial charge is 0.573 e. The minimum absolute atomic E-state index is 0.0137. The van der Waals surface area contributed by atoms with Crippen molar-refractivity contribution in [2.24, 2.45) is 4.99 Å². The second-order valence-corrected chi connectivity index (χ2v) is 12.4. The molecule has 0 spiro atoms. The first kappa shape index (κ1) is 33.1. The maximum Gasteiger partial charge on any atom is 0.573 e. The maximum atomic E-state index is 12.8. The van der Waals surface area contributed by atoms with Crippen LogP contribution in [0.5, 0.6) is 5.75 Å². The summed E-state index contributed by atoms with van der Waals surface area (Å²) in [5, 5.41) is 5.12. The van der Waals surface area contributed by atoms with E-state index >= 15 is 0 Å². The van der Waals surface area contributed by atoms with E-state index in [-0.39, 0.29) is 17.6 Å². The fraction of sp³-hybridized carbons (Fsp3) is 0.265. The Bertz CT molecular complexity index is 1780. The van der Waals surface area contributed by atoms with Crippen LogP contribution in [0, 0.1) is 6.92 Å². The smallest absolute Gasteiger partial charge is 0.406 e. The van der Waals surface area contributed by atoms with Gasteiger partial charge in [-0.25, -0.2) is 14.7 Å². The van der Waals surface area contributed by atoms with Gasteiger partial charge in [-0.1, -0.05) is 80.3 Å². The fourth-order valence-corrected chi connectivity index (χ4v) is 6.05. The van der Waals surface area contributed by atoms with Crippen molar-refractivity contribution in [1.82, 2.24) is 14.8 Å². The van der Waals surface area contributed by atoms with Gasteiger partial charge in [0.25, 0.3) is 0 Å². The molecule has 0 unspecified atom stereocenters. The number of hydrogen-bond acceptors (Lipinski definition) is 6. The summed E-state index contributed by atoms with van der Waals surface area (Å²) >= 11 is 7.01. The van der Waals surface area contributed by atoms with Crippen LogP contribution in [0.3, 0.4) is 0 Å². The van der Waals surface area contributed by atoms with Crippen molar-refractivity contribution in [3.63, 3.8) is 0 Å². The molecule has 1 saturated heterocycles. The number of carbonyl (C=O) groups excluding carboxylic acids is 1. The van der Waals surface area contributed by atoms with Crippen LogP contribution in [0.2, 0.25) is 0 Å². The number of amides is 1. The Morgan fingerprint density at radius 1 is 1.13 bits per heavy atom. The molecule has 1 aliphatic rings. The van der Waals surface area contributed by atoms with Gasteiger partial charge in [-0.3, -0.25) is 9.69 Å². The second kappa shape index (κ2) is 14.4. The number of alkyl halides is 3. The van der Waals surface area contributed by atoms with Crippen molar-refractivity contribution in [2.45, 2.75) is 52.3 Å². The number of ether oxygens (including phenoxy) is 1. The van der Waals surface area contributed by atoms with E-state index < -0.39 is 6.36 Å². The lowest BCUT2D eigenvalue weighted by Crippen LogP contribution is -2.31. The molecule has 1 aliphatic heterocycles. The molecule has 0 radical (unpaired) electrons. The zero-order chi connectivity index (χ0) is 32.8. The summed E-state index contributed by atoms with van der Waals surface area (Å²) in [6.07, 6.45) is 3.09. The van der Waals surface area contributed by atoms with Crippen LogP contribution in [0.15, 0.2) is 84.1 Å². The number of nitrogens with zero attached hydrogens (tertiary/aromatic N) is 5. The predicted octanol–water partition coefficient (Wildman–Crippen LogP) is 8.91. The number of thiocarbonyl (C=S) groups is 1. The zero-order valence-corrected chi connectivity index (χ0v) is 27.1. The molecule has 0 N–H and O–H groups in total. The molecular formula is C34H32F3N5O2S2. The van der Waals surface area contributed by atoms with Gasteiger partial charge in [0.15, 0.2) is 11.0 Å². The topological polar surface area (TPSA) is 72.6 Å². The van der Waals surface area contributed by atoms with Crippen molar-refractivity contribution in [3.8, 4) is 22.8 Å². The van der Waals surface area contributed by atoms with Crippen LogP contribution in [0.25, 0.3) is 23.2 Å². The highest BCUT2D eigenvalue weighted by Crippen LogP contribution is 2.34. The van der Waals surface area contributed by atoms with E-state index in [1.54, 1.807) is 4.90 Å². The number of anilines is 1. The highest BCUT2D eigenvalue weighted by atomic mass is 32.2. The number of unbranched alkanes of at least 4 members (excludes halogenated alkanes) is 1. The van der Waals surface area contributed by atoms with Crippen molar-refractivity contribution in [2.75, 3.05) is 10.7 Å². The third kappa shape index (κ3) is 8.49. The van der Waals surface area contributed by atoms with Gasteiger partial charge >= 0.3 is 6.36 Å². The fourth-order valence-electron chi connectivity index (χ4n) is 4.87. The third-order valence-electron chi connectivity index (χ3n) is 7.08. The molecule has 7 nitrogen and oxygen atoms in total. The van der Waals surface area contributed by atoms with E-state index in [1.165, 1.54) is 47.0 Å². The molecule has 12 heteroatoms. The molecule has 0 aliphatic carbocycles. The minimum atomic E-state index is -4.75. The number of allylic oxidation sites excluding steroid dienone is 1. The first-order valence-electron chi connectivity index (χ1n) is 14.7. The normalized spacial score (nSPS) is 14.6. The lowest BCUT2D eigenvalue weighted by Gasteiger charge is -2.22. The van der Waals surface area contributed by atoms with Crippen LogP contribution in [0.1, 0.15) is 55.7 Å². The molecule has 0 atom stereocenters. The number of carbonyl (C=O) groups is 1. The van der Waals surface area contributed by atoms with Crippen LogP contribution >= 0.6 is 24.0 Å².